The van der Waals surface area contributed by atoms with Crippen LogP contribution in [0.15, 0.2) is 48.5 Å². The van der Waals surface area contributed by atoms with Crippen LogP contribution in [0.3, 0.4) is 0 Å². The van der Waals surface area contributed by atoms with Gasteiger partial charge in [0, 0.05) is 5.69 Å². The Kier molecular flexibility index (Phi) is 5.78. The van der Waals surface area contributed by atoms with Gasteiger partial charge in [-0.05, 0) is 61.0 Å². The third kappa shape index (κ3) is 4.21. The van der Waals surface area contributed by atoms with E-state index in [0.717, 1.165) is 17.9 Å². The lowest BCUT2D eigenvalue weighted by atomic mass is 10.00. The third-order valence-electron chi connectivity index (χ3n) is 3.63. The Labute approximate surface area is 137 Å². The van der Waals surface area contributed by atoms with Gasteiger partial charge < -0.3 is 15.4 Å². The molecular weight excluding hydrogens is 292 g/mol. The highest BCUT2D eigenvalue weighted by Gasteiger charge is 2.12. The highest BCUT2D eigenvalue weighted by Crippen LogP contribution is 2.21. The van der Waals surface area contributed by atoms with Gasteiger partial charge in [0.05, 0.1) is 13.2 Å². The molecule has 0 heterocycles. The van der Waals surface area contributed by atoms with E-state index in [0.29, 0.717) is 5.11 Å². The van der Waals surface area contributed by atoms with Crippen LogP contribution in [-0.4, -0.2) is 12.2 Å². The molecule has 116 valence electrons. The van der Waals surface area contributed by atoms with Crippen molar-refractivity contribution in [2.45, 2.75) is 26.3 Å². The van der Waals surface area contributed by atoms with Gasteiger partial charge in [0.15, 0.2) is 5.11 Å². The number of methoxy groups -OCH3 is 1. The highest BCUT2D eigenvalue weighted by molar-refractivity contribution is 7.80. The zero-order valence-corrected chi connectivity index (χ0v) is 14.0. The summed E-state index contributed by atoms with van der Waals surface area (Å²) in [6.45, 7) is 4.28. The van der Waals surface area contributed by atoms with Crippen LogP contribution in [0.2, 0.25) is 0 Å². The van der Waals surface area contributed by atoms with Crippen molar-refractivity contribution < 1.29 is 4.74 Å². The maximum absolute atomic E-state index is 5.43. The molecule has 0 aliphatic heterocycles. The maximum atomic E-state index is 5.43. The predicted molar refractivity (Wildman–Crippen MR) is 96.6 cm³/mol. The normalized spacial score (nSPS) is 11.6. The van der Waals surface area contributed by atoms with Crippen molar-refractivity contribution in [2.24, 2.45) is 0 Å². The molecule has 0 aliphatic carbocycles. The summed E-state index contributed by atoms with van der Waals surface area (Å²) in [7, 11) is 1.66. The Morgan fingerprint density at radius 3 is 2.41 bits per heavy atom. The van der Waals surface area contributed by atoms with Crippen LogP contribution in [0.5, 0.6) is 5.75 Å². The summed E-state index contributed by atoms with van der Waals surface area (Å²) in [6.07, 6.45) is 0.968. The molecule has 2 aromatic rings. The molecule has 0 spiro atoms. The van der Waals surface area contributed by atoms with Crippen molar-refractivity contribution in [2.75, 3.05) is 12.4 Å². The van der Waals surface area contributed by atoms with Crippen LogP contribution < -0.4 is 15.4 Å². The second-order valence-electron chi connectivity index (χ2n) is 5.14. The molecule has 0 fully saturated rings. The van der Waals surface area contributed by atoms with Crippen molar-refractivity contribution in [3.8, 4) is 5.75 Å². The van der Waals surface area contributed by atoms with Crippen molar-refractivity contribution in [1.29, 1.82) is 0 Å². The van der Waals surface area contributed by atoms with E-state index in [9.17, 15) is 0 Å². The number of hydrogen-bond donors (Lipinski definition) is 2. The minimum atomic E-state index is 0.208. The van der Waals surface area contributed by atoms with Crippen molar-refractivity contribution in [1.82, 2.24) is 5.32 Å². The molecule has 0 bridgehead atoms. The summed E-state index contributed by atoms with van der Waals surface area (Å²) < 4.78 is 5.15. The predicted octanol–water partition coefficient (Wildman–Crippen LogP) is 4.44. The van der Waals surface area contributed by atoms with Crippen LogP contribution in [0, 0.1) is 6.92 Å². The van der Waals surface area contributed by atoms with Crippen molar-refractivity contribution in [3.05, 3.63) is 59.7 Å². The molecule has 1 atom stereocenters. The van der Waals surface area contributed by atoms with Gasteiger partial charge in [0.2, 0.25) is 0 Å². The summed E-state index contributed by atoms with van der Waals surface area (Å²) in [5.74, 6) is 0.829. The molecule has 0 unspecified atom stereocenters. The number of benzene rings is 2. The molecule has 0 amide bonds. The number of aryl methyl sites for hydroxylation is 1. The molecule has 22 heavy (non-hydrogen) atoms. The number of anilines is 1. The van der Waals surface area contributed by atoms with E-state index in [2.05, 4.69) is 48.7 Å². The SMILES string of the molecule is CC[C@H](NC(=S)Nc1ccc(OC)cc1)c1ccccc1C. The smallest absolute Gasteiger partial charge is 0.171 e. The Bertz CT molecular complexity index is 625. The summed E-state index contributed by atoms with van der Waals surface area (Å²) in [5.41, 5.74) is 3.50. The summed E-state index contributed by atoms with van der Waals surface area (Å²) in [5, 5.41) is 7.23. The molecule has 0 saturated heterocycles. The van der Waals surface area contributed by atoms with Gasteiger partial charge in [-0.15, -0.1) is 0 Å². The van der Waals surface area contributed by atoms with Crippen LogP contribution in [0.25, 0.3) is 0 Å². The van der Waals surface area contributed by atoms with E-state index < -0.39 is 0 Å². The molecule has 0 radical (unpaired) electrons. The number of thiocarbonyl (C=S) groups is 1. The molecular formula is C18H22N2OS. The van der Waals surface area contributed by atoms with Gasteiger partial charge >= 0.3 is 0 Å². The van der Waals surface area contributed by atoms with Crippen LogP contribution in [-0.2, 0) is 0 Å². The maximum Gasteiger partial charge on any atom is 0.171 e. The molecule has 2 rings (SSSR count). The fourth-order valence-corrected chi connectivity index (χ4v) is 2.64. The first-order valence-corrected chi connectivity index (χ1v) is 7.82. The monoisotopic (exact) mass is 314 g/mol. The lowest BCUT2D eigenvalue weighted by Gasteiger charge is -2.21. The first-order chi connectivity index (χ1) is 10.6. The summed E-state index contributed by atoms with van der Waals surface area (Å²) in [6, 6.07) is 16.3. The van der Waals surface area contributed by atoms with E-state index in [-0.39, 0.29) is 6.04 Å². The zero-order chi connectivity index (χ0) is 15.9. The minimum absolute atomic E-state index is 0.208. The number of ether oxygens (including phenoxy) is 1. The third-order valence-corrected chi connectivity index (χ3v) is 3.85. The van der Waals surface area contributed by atoms with E-state index in [4.69, 9.17) is 17.0 Å². The van der Waals surface area contributed by atoms with Gasteiger partial charge in [0.1, 0.15) is 5.75 Å². The lowest BCUT2D eigenvalue weighted by Crippen LogP contribution is -2.32. The number of rotatable bonds is 5. The molecule has 0 saturated carbocycles. The highest BCUT2D eigenvalue weighted by atomic mass is 32.1. The second kappa shape index (κ2) is 7.80. The van der Waals surface area contributed by atoms with Crippen molar-refractivity contribution >= 4 is 23.0 Å². The molecule has 3 nitrogen and oxygen atoms in total. The summed E-state index contributed by atoms with van der Waals surface area (Å²) in [4.78, 5) is 0. The zero-order valence-electron chi connectivity index (χ0n) is 13.2. The van der Waals surface area contributed by atoms with Gasteiger partial charge in [-0.2, -0.15) is 0 Å². The van der Waals surface area contributed by atoms with Gasteiger partial charge in [-0.1, -0.05) is 31.2 Å². The standard InChI is InChI=1S/C18H22N2OS/c1-4-17(16-8-6-5-7-13(16)2)20-18(22)19-14-9-11-15(21-3)12-10-14/h5-12,17H,4H2,1-3H3,(H2,19,20,22)/t17-/m0/s1. The van der Waals surface area contributed by atoms with Gasteiger partial charge in [-0.25, -0.2) is 0 Å². The molecule has 0 aromatic heterocycles. The fraction of sp³-hybridized carbons (Fsp3) is 0.278. The van der Waals surface area contributed by atoms with Crippen LogP contribution >= 0.6 is 12.2 Å². The Balaban J connectivity index is 2.01. The Hall–Kier alpha value is -2.07. The second-order valence-corrected chi connectivity index (χ2v) is 5.55. The largest absolute Gasteiger partial charge is 0.497 e. The molecule has 2 N–H and O–H groups in total. The van der Waals surface area contributed by atoms with E-state index >= 15 is 0 Å². The molecule has 0 aliphatic rings. The molecule has 4 heteroatoms. The number of nitrogens with one attached hydrogen (secondary N) is 2. The van der Waals surface area contributed by atoms with Gasteiger partial charge in [0.25, 0.3) is 0 Å². The van der Waals surface area contributed by atoms with Gasteiger partial charge in [-0.3, -0.25) is 0 Å². The average Bonchev–Trinajstić information content (AvgIpc) is 2.54. The minimum Gasteiger partial charge on any atom is -0.497 e. The first kappa shape index (κ1) is 16.3. The van der Waals surface area contributed by atoms with Crippen LogP contribution in [0.1, 0.15) is 30.5 Å². The Morgan fingerprint density at radius 2 is 1.82 bits per heavy atom. The van der Waals surface area contributed by atoms with E-state index in [1.807, 2.05) is 24.3 Å². The quantitative estimate of drug-likeness (QED) is 0.799. The topological polar surface area (TPSA) is 33.3 Å². The van der Waals surface area contributed by atoms with E-state index in [1.165, 1.54) is 11.1 Å². The fourth-order valence-electron chi connectivity index (χ4n) is 2.38. The average molecular weight is 314 g/mol. The Morgan fingerprint density at radius 1 is 1.14 bits per heavy atom. The number of hydrogen-bond acceptors (Lipinski definition) is 2. The van der Waals surface area contributed by atoms with Crippen LogP contribution in [0.4, 0.5) is 5.69 Å². The first-order valence-electron chi connectivity index (χ1n) is 7.41. The molecule has 2 aromatic carbocycles. The van der Waals surface area contributed by atoms with Crippen molar-refractivity contribution in [3.63, 3.8) is 0 Å². The van der Waals surface area contributed by atoms with E-state index in [1.54, 1.807) is 7.11 Å². The summed E-state index contributed by atoms with van der Waals surface area (Å²) >= 11 is 5.43. The lowest BCUT2D eigenvalue weighted by molar-refractivity contribution is 0.415.